The number of hydrogen-bond acceptors (Lipinski definition) is 6. The van der Waals surface area contributed by atoms with Crippen LogP contribution in [0.15, 0.2) is 66.4 Å². The summed E-state index contributed by atoms with van der Waals surface area (Å²) in [6, 6.07) is 14.9. The Balaban J connectivity index is 1.74. The molecule has 0 aromatic heterocycles. The quantitative estimate of drug-likeness (QED) is 0.408. The Morgan fingerprint density at radius 1 is 1.10 bits per heavy atom. The lowest BCUT2D eigenvalue weighted by molar-refractivity contribution is -0.151. The Kier molecular flexibility index (Phi) is 6.24. The first-order valence-corrected chi connectivity index (χ1v) is 8.98. The summed E-state index contributed by atoms with van der Waals surface area (Å²) in [5, 5.41) is 0. The van der Waals surface area contributed by atoms with Gasteiger partial charge in [0.15, 0.2) is 29.0 Å². The number of cyclic esters (lactones) is 1. The molecule has 0 amide bonds. The number of rotatable bonds is 7. The number of carbonyl (C=O) groups is 3. The van der Waals surface area contributed by atoms with Gasteiger partial charge < -0.3 is 14.2 Å². The van der Waals surface area contributed by atoms with Crippen molar-refractivity contribution in [2.75, 3.05) is 7.11 Å². The Labute approximate surface area is 168 Å². The van der Waals surface area contributed by atoms with Crippen LogP contribution in [0, 0.1) is 5.92 Å². The van der Waals surface area contributed by atoms with Crippen LogP contribution in [0.5, 0.6) is 11.5 Å². The SMILES string of the molecule is COc1ccc(/C=C/C(=O)C2C(=O)C=C(C)OC2=O)cc1OCc1ccccc1. The summed E-state index contributed by atoms with van der Waals surface area (Å²) in [6.45, 7) is 1.85. The third-order valence-corrected chi connectivity index (χ3v) is 4.28. The van der Waals surface area contributed by atoms with Crippen molar-refractivity contribution in [3.8, 4) is 11.5 Å². The second-order valence-corrected chi connectivity index (χ2v) is 6.43. The van der Waals surface area contributed by atoms with Crippen LogP contribution >= 0.6 is 0 Å². The monoisotopic (exact) mass is 392 g/mol. The summed E-state index contributed by atoms with van der Waals surface area (Å²) in [4.78, 5) is 36.1. The molecule has 29 heavy (non-hydrogen) atoms. The number of allylic oxidation sites excluding steroid dienone is 3. The molecule has 1 heterocycles. The van der Waals surface area contributed by atoms with E-state index >= 15 is 0 Å². The van der Waals surface area contributed by atoms with Crippen LogP contribution in [0.2, 0.25) is 0 Å². The maximum atomic E-state index is 12.3. The molecule has 0 fully saturated rings. The van der Waals surface area contributed by atoms with Crippen LogP contribution in [-0.2, 0) is 25.7 Å². The molecule has 1 atom stereocenters. The van der Waals surface area contributed by atoms with E-state index in [2.05, 4.69) is 0 Å². The predicted molar refractivity (Wildman–Crippen MR) is 106 cm³/mol. The van der Waals surface area contributed by atoms with Crippen molar-refractivity contribution < 1.29 is 28.6 Å². The number of esters is 1. The van der Waals surface area contributed by atoms with Crippen molar-refractivity contribution in [3.63, 3.8) is 0 Å². The molecule has 6 heteroatoms. The molecule has 0 saturated heterocycles. The molecule has 1 aliphatic rings. The van der Waals surface area contributed by atoms with E-state index in [0.717, 1.165) is 11.6 Å². The fraction of sp³-hybridized carbons (Fsp3) is 0.174. The molecule has 0 radical (unpaired) electrons. The molecule has 0 spiro atoms. The van der Waals surface area contributed by atoms with E-state index in [1.165, 1.54) is 19.1 Å². The van der Waals surface area contributed by atoms with Gasteiger partial charge in [0.25, 0.3) is 0 Å². The number of carbonyl (C=O) groups excluding carboxylic acids is 3. The van der Waals surface area contributed by atoms with Gasteiger partial charge in [-0.3, -0.25) is 14.4 Å². The molecule has 0 bridgehead atoms. The van der Waals surface area contributed by atoms with Gasteiger partial charge in [-0.25, -0.2) is 0 Å². The van der Waals surface area contributed by atoms with E-state index in [0.29, 0.717) is 23.7 Å². The first kappa shape index (κ1) is 20.1. The summed E-state index contributed by atoms with van der Waals surface area (Å²) in [6.07, 6.45) is 3.87. The summed E-state index contributed by atoms with van der Waals surface area (Å²) in [5.74, 6) is -2.27. The van der Waals surface area contributed by atoms with E-state index in [9.17, 15) is 14.4 Å². The van der Waals surface area contributed by atoms with E-state index in [4.69, 9.17) is 14.2 Å². The molecular formula is C23H20O6. The summed E-state index contributed by atoms with van der Waals surface area (Å²) in [7, 11) is 1.54. The van der Waals surface area contributed by atoms with Crippen molar-refractivity contribution in [2.24, 2.45) is 5.92 Å². The normalized spacial score (nSPS) is 16.3. The Bertz CT molecular complexity index is 988. The Morgan fingerprint density at radius 3 is 2.55 bits per heavy atom. The largest absolute Gasteiger partial charge is 0.493 e. The molecule has 1 aliphatic heterocycles. The highest BCUT2D eigenvalue weighted by atomic mass is 16.5. The second-order valence-electron chi connectivity index (χ2n) is 6.43. The van der Waals surface area contributed by atoms with Crippen molar-refractivity contribution in [1.82, 2.24) is 0 Å². The van der Waals surface area contributed by atoms with E-state index in [-0.39, 0.29) is 5.76 Å². The van der Waals surface area contributed by atoms with Crippen molar-refractivity contribution in [1.29, 1.82) is 0 Å². The average molecular weight is 392 g/mol. The van der Waals surface area contributed by atoms with Gasteiger partial charge in [-0.1, -0.05) is 42.5 Å². The molecule has 0 aliphatic carbocycles. The lowest BCUT2D eigenvalue weighted by atomic mass is 9.96. The number of ether oxygens (including phenoxy) is 3. The van der Waals surface area contributed by atoms with E-state index in [1.54, 1.807) is 25.3 Å². The highest BCUT2D eigenvalue weighted by molar-refractivity contribution is 6.25. The van der Waals surface area contributed by atoms with Crippen LogP contribution in [0.1, 0.15) is 18.1 Å². The Morgan fingerprint density at radius 2 is 1.86 bits per heavy atom. The van der Waals surface area contributed by atoms with Gasteiger partial charge in [0, 0.05) is 6.08 Å². The van der Waals surface area contributed by atoms with Crippen LogP contribution < -0.4 is 9.47 Å². The van der Waals surface area contributed by atoms with Gasteiger partial charge in [-0.05, 0) is 36.3 Å². The maximum Gasteiger partial charge on any atom is 0.329 e. The number of ketones is 2. The molecule has 6 nitrogen and oxygen atoms in total. The second kappa shape index (κ2) is 9.01. The van der Waals surface area contributed by atoms with E-state index in [1.807, 2.05) is 30.3 Å². The molecular weight excluding hydrogens is 372 g/mol. The predicted octanol–water partition coefficient (Wildman–Crippen LogP) is 3.50. The van der Waals surface area contributed by atoms with Gasteiger partial charge in [-0.2, -0.15) is 0 Å². The summed E-state index contributed by atoms with van der Waals surface area (Å²) < 4.78 is 16.0. The average Bonchev–Trinajstić information content (AvgIpc) is 2.70. The molecule has 1 unspecified atom stereocenters. The van der Waals surface area contributed by atoms with Gasteiger partial charge in [0.2, 0.25) is 0 Å². The van der Waals surface area contributed by atoms with Crippen LogP contribution in [0.3, 0.4) is 0 Å². The van der Waals surface area contributed by atoms with Gasteiger partial charge in [0.1, 0.15) is 12.4 Å². The topological polar surface area (TPSA) is 78.9 Å². The third-order valence-electron chi connectivity index (χ3n) is 4.28. The first-order chi connectivity index (χ1) is 14.0. The van der Waals surface area contributed by atoms with Gasteiger partial charge >= 0.3 is 5.97 Å². The first-order valence-electron chi connectivity index (χ1n) is 8.98. The minimum absolute atomic E-state index is 0.184. The lowest BCUT2D eigenvalue weighted by Crippen LogP contribution is -2.34. The smallest absolute Gasteiger partial charge is 0.329 e. The number of hydrogen-bond donors (Lipinski definition) is 0. The molecule has 0 N–H and O–H groups in total. The molecule has 2 aromatic carbocycles. The van der Waals surface area contributed by atoms with Crippen LogP contribution in [-0.4, -0.2) is 24.6 Å². The zero-order valence-electron chi connectivity index (χ0n) is 16.1. The molecule has 2 aromatic rings. The van der Waals surface area contributed by atoms with Crippen molar-refractivity contribution >= 4 is 23.6 Å². The third kappa shape index (κ3) is 4.99. The maximum absolute atomic E-state index is 12.3. The zero-order chi connectivity index (χ0) is 20.8. The van der Waals surface area contributed by atoms with Crippen molar-refractivity contribution in [2.45, 2.75) is 13.5 Å². The fourth-order valence-electron chi connectivity index (χ4n) is 2.82. The van der Waals surface area contributed by atoms with E-state index < -0.39 is 23.5 Å². The molecule has 3 rings (SSSR count). The highest BCUT2D eigenvalue weighted by Crippen LogP contribution is 2.29. The lowest BCUT2D eigenvalue weighted by Gasteiger charge is -2.15. The Hall–Kier alpha value is -3.67. The summed E-state index contributed by atoms with van der Waals surface area (Å²) >= 11 is 0. The van der Waals surface area contributed by atoms with Crippen LogP contribution in [0.4, 0.5) is 0 Å². The van der Waals surface area contributed by atoms with Gasteiger partial charge in [-0.15, -0.1) is 0 Å². The standard InChI is InChI=1S/C23H20O6/c1-15-12-19(25)22(23(26)29-15)18(24)10-8-16-9-11-20(27-2)21(13-16)28-14-17-6-4-3-5-7-17/h3-13,22H,14H2,1-2H3/b10-8+. The molecule has 0 saturated carbocycles. The zero-order valence-corrected chi connectivity index (χ0v) is 16.1. The highest BCUT2D eigenvalue weighted by Gasteiger charge is 2.36. The number of methoxy groups -OCH3 is 1. The fourth-order valence-corrected chi connectivity index (χ4v) is 2.82. The van der Waals surface area contributed by atoms with Crippen LogP contribution in [0.25, 0.3) is 6.08 Å². The van der Waals surface area contributed by atoms with Gasteiger partial charge in [0.05, 0.1) is 7.11 Å². The number of benzene rings is 2. The summed E-state index contributed by atoms with van der Waals surface area (Å²) in [5.41, 5.74) is 1.66. The minimum atomic E-state index is -1.46. The minimum Gasteiger partial charge on any atom is -0.493 e. The molecule has 148 valence electrons. The van der Waals surface area contributed by atoms with Crippen molar-refractivity contribution in [3.05, 3.63) is 77.6 Å².